The molecule has 6 rings (SSSR count). The maximum Gasteiger partial charge on any atom is 0.261 e. The minimum atomic E-state index is -3.58. The van der Waals surface area contributed by atoms with Crippen molar-refractivity contribution in [3.8, 4) is 0 Å². The number of hydrogen-bond acceptors (Lipinski definition) is 2. The van der Waals surface area contributed by atoms with Crippen molar-refractivity contribution in [3.05, 3.63) is 59.7 Å². The molecule has 0 aromatic heterocycles. The van der Waals surface area contributed by atoms with Crippen molar-refractivity contribution in [1.82, 2.24) is 0 Å². The number of anilines is 1. The summed E-state index contributed by atoms with van der Waals surface area (Å²) in [6.45, 7) is 6.38. The summed E-state index contributed by atoms with van der Waals surface area (Å²) in [5, 5.41) is 0. The Bertz CT molecular complexity index is 995. The molecule has 0 spiro atoms. The fourth-order valence-electron chi connectivity index (χ4n) is 6.70. The summed E-state index contributed by atoms with van der Waals surface area (Å²) in [6.07, 6.45) is 8.28. The van der Waals surface area contributed by atoms with E-state index in [9.17, 15) is 8.42 Å². The second kappa shape index (κ2) is 6.85. The molecule has 4 bridgehead atoms. The second-order valence-electron chi connectivity index (χ2n) is 11.2. The van der Waals surface area contributed by atoms with Crippen LogP contribution in [0, 0.1) is 17.8 Å². The van der Waals surface area contributed by atoms with Gasteiger partial charge in [-0.05, 0) is 103 Å². The van der Waals surface area contributed by atoms with E-state index in [0.717, 1.165) is 23.3 Å². The monoisotopic (exact) mass is 423 g/mol. The first-order valence-corrected chi connectivity index (χ1v) is 12.9. The largest absolute Gasteiger partial charge is 0.280 e. The smallest absolute Gasteiger partial charge is 0.261 e. The zero-order chi connectivity index (χ0) is 21.1. The first-order valence-electron chi connectivity index (χ1n) is 11.4. The first-order chi connectivity index (χ1) is 14.1. The van der Waals surface area contributed by atoms with E-state index in [0.29, 0.717) is 16.0 Å². The molecule has 4 aliphatic carbocycles. The van der Waals surface area contributed by atoms with E-state index in [1.54, 1.807) is 12.1 Å². The molecule has 4 heteroatoms. The van der Waals surface area contributed by atoms with Gasteiger partial charge in [-0.1, -0.05) is 45.0 Å². The van der Waals surface area contributed by atoms with Gasteiger partial charge in [-0.25, -0.2) is 8.42 Å². The Morgan fingerprint density at radius 3 is 1.77 bits per heavy atom. The Morgan fingerprint density at radius 2 is 1.30 bits per heavy atom. The fraction of sp³-hybridized carbons (Fsp3) is 0.538. The summed E-state index contributed by atoms with van der Waals surface area (Å²) in [4.78, 5) is 0.306. The molecule has 4 saturated carbocycles. The van der Waals surface area contributed by atoms with E-state index in [1.165, 1.54) is 44.1 Å². The second-order valence-corrected chi connectivity index (χ2v) is 12.8. The van der Waals surface area contributed by atoms with Gasteiger partial charge in [-0.2, -0.15) is 0 Å². The zero-order valence-corrected chi connectivity index (χ0v) is 19.1. The number of nitrogens with one attached hydrogen (secondary N) is 1. The SMILES string of the molecule is CC(C)(C)c1ccc(S(=O)(=O)Nc2ccc(C34CC5CC(CC(C5)C3)C4)cc2)cc1. The highest BCUT2D eigenvalue weighted by molar-refractivity contribution is 7.92. The van der Waals surface area contributed by atoms with Crippen molar-refractivity contribution in [1.29, 1.82) is 0 Å². The van der Waals surface area contributed by atoms with Crippen LogP contribution in [0.15, 0.2) is 53.4 Å². The zero-order valence-electron chi connectivity index (χ0n) is 18.3. The van der Waals surface area contributed by atoms with Crippen LogP contribution in [0.2, 0.25) is 0 Å². The fourth-order valence-corrected chi connectivity index (χ4v) is 7.76. The molecule has 3 nitrogen and oxygen atoms in total. The third kappa shape index (κ3) is 3.57. The molecule has 0 amide bonds. The predicted octanol–water partition coefficient (Wildman–Crippen LogP) is 6.25. The van der Waals surface area contributed by atoms with E-state index < -0.39 is 10.0 Å². The lowest BCUT2D eigenvalue weighted by atomic mass is 9.48. The molecule has 0 heterocycles. The predicted molar refractivity (Wildman–Crippen MR) is 122 cm³/mol. The molecule has 0 radical (unpaired) electrons. The molecule has 0 saturated heterocycles. The molecule has 4 aliphatic rings. The normalized spacial score (nSPS) is 30.4. The lowest BCUT2D eigenvalue weighted by molar-refractivity contribution is -0.00518. The molecule has 2 aromatic rings. The summed E-state index contributed by atoms with van der Waals surface area (Å²) in [6, 6.07) is 15.5. The van der Waals surface area contributed by atoms with Crippen molar-refractivity contribution in [2.24, 2.45) is 17.8 Å². The minimum Gasteiger partial charge on any atom is -0.280 e. The lowest BCUT2D eigenvalue weighted by Gasteiger charge is -2.57. The van der Waals surface area contributed by atoms with Crippen LogP contribution in [-0.2, 0) is 20.9 Å². The highest BCUT2D eigenvalue weighted by atomic mass is 32.2. The van der Waals surface area contributed by atoms with Gasteiger partial charge >= 0.3 is 0 Å². The van der Waals surface area contributed by atoms with Crippen LogP contribution in [0.25, 0.3) is 0 Å². The van der Waals surface area contributed by atoms with E-state index >= 15 is 0 Å². The highest BCUT2D eigenvalue weighted by Gasteiger charge is 2.51. The molecule has 2 aromatic carbocycles. The minimum absolute atomic E-state index is 0.00279. The molecule has 160 valence electrons. The number of hydrogen-bond donors (Lipinski definition) is 1. The molecular weight excluding hydrogens is 390 g/mol. The van der Waals surface area contributed by atoms with Crippen molar-refractivity contribution in [3.63, 3.8) is 0 Å². The van der Waals surface area contributed by atoms with E-state index in [-0.39, 0.29) is 5.41 Å². The topological polar surface area (TPSA) is 46.2 Å². The number of sulfonamides is 1. The van der Waals surface area contributed by atoms with Crippen LogP contribution in [0.5, 0.6) is 0 Å². The van der Waals surface area contributed by atoms with Gasteiger partial charge < -0.3 is 0 Å². The quantitative estimate of drug-likeness (QED) is 0.631. The lowest BCUT2D eigenvalue weighted by Crippen LogP contribution is -2.48. The Kier molecular flexibility index (Phi) is 4.59. The van der Waals surface area contributed by atoms with Crippen LogP contribution in [-0.4, -0.2) is 8.42 Å². The van der Waals surface area contributed by atoms with Crippen LogP contribution in [0.1, 0.15) is 70.4 Å². The third-order valence-corrected chi connectivity index (χ3v) is 9.22. The average molecular weight is 424 g/mol. The average Bonchev–Trinajstić information content (AvgIpc) is 2.66. The summed E-state index contributed by atoms with van der Waals surface area (Å²) in [5.41, 5.74) is 3.53. The van der Waals surface area contributed by atoms with E-state index in [2.05, 4.69) is 37.6 Å². The van der Waals surface area contributed by atoms with Gasteiger partial charge in [0, 0.05) is 5.69 Å². The van der Waals surface area contributed by atoms with Crippen molar-refractivity contribution in [2.45, 2.75) is 75.0 Å². The molecular formula is C26H33NO2S. The summed E-state index contributed by atoms with van der Waals surface area (Å²) in [5.74, 6) is 2.72. The summed E-state index contributed by atoms with van der Waals surface area (Å²) >= 11 is 0. The Hall–Kier alpha value is -1.81. The van der Waals surface area contributed by atoms with Gasteiger partial charge in [0.15, 0.2) is 0 Å². The maximum absolute atomic E-state index is 12.9. The molecule has 0 atom stereocenters. The molecule has 0 unspecified atom stereocenters. The number of rotatable bonds is 4. The number of benzene rings is 2. The molecule has 4 fully saturated rings. The van der Waals surface area contributed by atoms with Crippen molar-refractivity contribution in [2.75, 3.05) is 4.72 Å². The van der Waals surface area contributed by atoms with Gasteiger partial charge in [0.2, 0.25) is 0 Å². The van der Waals surface area contributed by atoms with Gasteiger partial charge in [-0.3, -0.25) is 4.72 Å². The Balaban J connectivity index is 1.34. The van der Waals surface area contributed by atoms with Gasteiger partial charge in [-0.15, -0.1) is 0 Å². The van der Waals surface area contributed by atoms with E-state index in [1.807, 2.05) is 24.3 Å². The third-order valence-electron chi connectivity index (χ3n) is 7.82. The molecule has 30 heavy (non-hydrogen) atoms. The summed E-state index contributed by atoms with van der Waals surface area (Å²) in [7, 11) is -3.58. The van der Waals surface area contributed by atoms with Crippen LogP contribution in [0.3, 0.4) is 0 Å². The highest BCUT2D eigenvalue weighted by Crippen LogP contribution is 2.60. The molecule has 1 N–H and O–H groups in total. The maximum atomic E-state index is 12.9. The standard InChI is InChI=1S/C26H33NO2S/c1-25(2,3)21-6-10-24(11-7-21)30(28,29)27-23-8-4-22(5-9-23)26-15-18-12-19(16-26)14-20(13-18)17-26/h4-11,18-20,27H,12-17H2,1-3H3. The van der Waals surface area contributed by atoms with Gasteiger partial charge in [0.05, 0.1) is 4.90 Å². The van der Waals surface area contributed by atoms with Crippen LogP contribution < -0.4 is 4.72 Å². The Morgan fingerprint density at radius 1 is 0.800 bits per heavy atom. The van der Waals surface area contributed by atoms with Crippen LogP contribution in [0.4, 0.5) is 5.69 Å². The summed E-state index contributed by atoms with van der Waals surface area (Å²) < 4.78 is 28.5. The van der Waals surface area contributed by atoms with Crippen molar-refractivity contribution < 1.29 is 8.42 Å². The molecule has 0 aliphatic heterocycles. The van der Waals surface area contributed by atoms with Crippen molar-refractivity contribution >= 4 is 15.7 Å². The first kappa shape index (κ1) is 20.1. The van der Waals surface area contributed by atoms with Crippen LogP contribution >= 0.6 is 0 Å². The van der Waals surface area contributed by atoms with Gasteiger partial charge in [0.25, 0.3) is 10.0 Å². The Labute approximate surface area is 181 Å². The van der Waals surface area contributed by atoms with Gasteiger partial charge in [0.1, 0.15) is 0 Å². The van der Waals surface area contributed by atoms with E-state index in [4.69, 9.17) is 0 Å².